The summed E-state index contributed by atoms with van der Waals surface area (Å²) in [6.45, 7) is 0.349. The first-order valence-electron chi connectivity index (χ1n) is 5.28. The Kier molecular flexibility index (Phi) is 3.47. The maximum Gasteiger partial charge on any atom is 0.268 e. The molecule has 2 rings (SSSR count). The number of hydrogen-bond acceptors (Lipinski definition) is 3. The van der Waals surface area contributed by atoms with Crippen molar-refractivity contribution in [3.63, 3.8) is 0 Å². The molecule has 0 aliphatic heterocycles. The van der Waals surface area contributed by atoms with Crippen LogP contribution in [-0.4, -0.2) is 15.9 Å². The van der Waals surface area contributed by atoms with Gasteiger partial charge < -0.3 is 0 Å². The largest absolute Gasteiger partial charge is 0.272 e. The van der Waals surface area contributed by atoms with Gasteiger partial charge in [-0.15, -0.1) is 0 Å². The molecule has 0 saturated carbocycles. The molecule has 0 atom stereocenters. The van der Waals surface area contributed by atoms with Crippen LogP contribution in [0.2, 0.25) is 0 Å². The average Bonchev–Trinajstić information content (AvgIpc) is 2.40. The molecule has 4 heteroatoms. The van der Waals surface area contributed by atoms with Gasteiger partial charge >= 0.3 is 0 Å². The van der Waals surface area contributed by atoms with E-state index in [1.165, 1.54) is 5.01 Å². The third kappa shape index (κ3) is 2.89. The highest BCUT2D eigenvalue weighted by atomic mass is 16.2. The van der Waals surface area contributed by atoms with Gasteiger partial charge in [0.05, 0.1) is 6.54 Å². The fourth-order valence-electron chi connectivity index (χ4n) is 1.51. The minimum Gasteiger partial charge on any atom is -0.272 e. The lowest BCUT2D eigenvalue weighted by atomic mass is 10.2. The number of carbonyl (C=O) groups excluding carboxylic acids is 1. The normalized spacial score (nSPS) is 9.94. The maximum absolute atomic E-state index is 11.9. The van der Waals surface area contributed by atoms with Crippen LogP contribution in [0, 0.1) is 0 Å². The Balaban J connectivity index is 2.06. The zero-order chi connectivity index (χ0) is 12.1. The first kappa shape index (κ1) is 11.3. The quantitative estimate of drug-likeness (QED) is 0.492. The molecule has 2 N–H and O–H groups in total. The zero-order valence-corrected chi connectivity index (χ0v) is 9.28. The molecule has 86 valence electrons. The van der Waals surface area contributed by atoms with Gasteiger partial charge in [-0.2, -0.15) is 0 Å². The Morgan fingerprint density at radius 3 is 2.59 bits per heavy atom. The smallest absolute Gasteiger partial charge is 0.268 e. The maximum atomic E-state index is 11.9. The molecular weight excluding hydrogens is 214 g/mol. The summed E-state index contributed by atoms with van der Waals surface area (Å²) in [5, 5.41) is 1.19. The van der Waals surface area contributed by atoms with E-state index >= 15 is 0 Å². The topological polar surface area (TPSA) is 59.2 Å². The van der Waals surface area contributed by atoms with Crippen molar-refractivity contribution in [2.75, 3.05) is 0 Å². The van der Waals surface area contributed by atoms with E-state index in [2.05, 4.69) is 4.98 Å². The average molecular weight is 227 g/mol. The van der Waals surface area contributed by atoms with Crippen LogP contribution in [0.1, 0.15) is 15.9 Å². The van der Waals surface area contributed by atoms with Gasteiger partial charge in [-0.3, -0.25) is 14.8 Å². The van der Waals surface area contributed by atoms with Crippen LogP contribution in [-0.2, 0) is 6.54 Å². The molecule has 4 nitrogen and oxygen atoms in total. The lowest BCUT2D eigenvalue weighted by Gasteiger charge is -2.16. The highest BCUT2D eigenvalue weighted by Crippen LogP contribution is 2.05. The zero-order valence-electron chi connectivity index (χ0n) is 9.28. The molecule has 1 amide bonds. The van der Waals surface area contributed by atoms with Crippen molar-refractivity contribution >= 4 is 5.91 Å². The van der Waals surface area contributed by atoms with Crippen molar-refractivity contribution in [3.8, 4) is 0 Å². The summed E-state index contributed by atoms with van der Waals surface area (Å²) >= 11 is 0. The lowest BCUT2D eigenvalue weighted by molar-refractivity contribution is 0.0743. The predicted octanol–water partition coefficient (Wildman–Crippen LogP) is 1.60. The van der Waals surface area contributed by atoms with E-state index in [9.17, 15) is 4.79 Å². The van der Waals surface area contributed by atoms with Crippen LogP contribution >= 0.6 is 0 Å². The molecule has 0 bridgehead atoms. The number of pyridine rings is 1. The van der Waals surface area contributed by atoms with E-state index in [1.54, 1.807) is 24.5 Å². The molecular formula is C13H13N3O. The molecule has 0 spiro atoms. The van der Waals surface area contributed by atoms with E-state index < -0.39 is 0 Å². The summed E-state index contributed by atoms with van der Waals surface area (Å²) in [6, 6.07) is 12.7. The summed E-state index contributed by atoms with van der Waals surface area (Å²) in [4.78, 5) is 15.9. The number of hydrazine groups is 1. The summed E-state index contributed by atoms with van der Waals surface area (Å²) in [7, 11) is 0. The van der Waals surface area contributed by atoms with E-state index in [-0.39, 0.29) is 5.91 Å². The number of nitrogens with zero attached hydrogens (tertiary/aromatic N) is 2. The molecule has 0 aliphatic rings. The minimum absolute atomic E-state index is 0.200. The van der Waals surface area contributed by atoms with Crippen molar-refractivity contribution in [1.82, 2.24) is 9.99 Å². The summed E-state index contributed by atoms with van der Waals surface area (Å²) in [5.74, 6) is 5.54. The van der Waals surface area contributed by atoms with Crippen molar-refractivity contribution in [2.24, 2.45) is 5.84 Å². The van der Waals surface area contributed by atoms with Crippen LogP contribution in [0.5, 0.6) is 0 Å². The Bertz CT molecular complexity index is 485. The molecule has 0 fully saturated rings. The van der Waals surface area contributed by atoms with Gasteiger partial charge in [-0.1, -0.05) is 24.3 Å². The van der Waals surface area contributed by atoms with Gasteiger partial charge in [0.2, 0.25) is 0 Å². The standard InChI is InChI=1S/C13H13N3O/c14-16(10-11-5-4-8-15-9-11)13(17)12-6-2-1-3-7-12/h1-9H,10,14H2. The van der Waals surface area contributed by atoms with Gasteiger partial charge in [0.1, 0.15) is 0 Å². The van der Waals surface area contributed by atoms with Gasteiger partial charge in [-0.05, 0) is 23.8 Å². The summed E-state index contributed by atoms with van der Waals surface area (Å²) in [5.41, 5.74) is 1.48. The predicted molar refractivity (Wildman–Crippen MR) is 64.7 cm³/mol. The number of benzene rings is 1. The van der Waals surface area contributed by atoms with Gasteiger partial charge in [0.25, 0.3) is 5.91 Å². The number of rotatable bonds is 3. The van der Waals surface area contributed by atoms with E-state index in [1.807, 2.05) is 30.3 Å². The van der Waals surface area contributed by atoms with Crippen molar-refractivity contribution < 1.29 is 4.79 Å². The second-order valence-electron chi connectivity index (χ2n) is 3.66. The van der Waals surface area contributed by atoms with Crippen LogP contribution in [0.25, 0.3) is 0 Å². The molecule has 1 aromatic carbocycles. The summed E-state index contributed by atoms with van der Waals surface area (Å²) < 4.78 is 0. The van der Waals surface area contributed by atoms with Crippen molar-refractivity contribution in [1.29, 1.82) is 0 Å². The molecule has 1 heterocycles. The monoisotopic (exact) mass is 227 g/mol. The van der Waals surface area contributed by atoms with E-state index in [4.69, 9.17) is 5.84 Å². The highest BCUT2D eigenvalue weighted by molar-refractivity contribution is 5.93. The number of carbonyl (C=O) groups is 1. The number of hydrogen-bond donors (Lipinski definition) is 1. The SMILES string of the molecule is NN(Cc1cccnc1)C(=O)c1ccccc1. The Morgan fingerprint density at radius 1 is 1.18 bits per heavy atom. The molecule has 2 aromatic rings. The Morgan fingerprint density at radius 2 is 1.94 bits per heavy atom. The van der Waals surface area contributed by atoms with Crippen LogP contribution in [0.4, 0.5) is 0 Å². The van der Waals surface area contributed by atoms with Gasteiger partial charge in [0, 0.05) is 18.0 Å². The second kappa shape index (κ2) is 5.23. The second-order valence-corrected chi connectivity index (χ2v) is 3.66. The highest BCUT2D eigenvalue weighted by Gasteiger charge is 2.11. The molecule has 0 aliphatic carbocycles. The van der Waals surface area contributed by atoms with E-state index in [0.29, 0.717) is 12.1 Å². The van der Waals surface area contributed by atoms with Crippen molar-refractivity contribution in [2.45, 2.75) is 6.54 Å². The number of aromatic nitrogens is 1. The number of nitrogens with two attached hydrogens (primary N) is 1. The third-order valence-electron chi connectivity index (χ3n) is 2.36. The lowest BCUT2D eigenvalue weighted by Crippen LogP contribution is -2.36. The number of amides is 1. The molecule has 1 aromatic heterocycles. The molecule has 17 heavy (non-hydrogen) atoms. The van der Waals surface area contributed by atoms with Gasteiger partial charge in [-0.25, -0.2) is 5.84 Å². The first-order valence-corrected chi connectivity index (χ1v) is 5.28. The van der Waals surface area contributed by atoms with Crippen LogP contribution in [0.3, 0.4) is 0 Å². The summed E-state index contributed by atoms with van der Waals surface area (Å²) in [6.07, 6.45) is 3.38. The fraction of sp³-hybridized carbons (Fsp3) is 0.0769. The Labute approximate surface area is 99.7 Å². The fourth-order valence-corrected chi connectivity index (χ4v) is 1.51. The van der Waals surface area contributed by atoms with E-state index in [0.717, 1.165) is 5.56 Å². The van der Waals surface area contributed by atoms with Crippen LogP contribution < -0.4 is 5.84 Å². The molecule has 0 radical (unpaired) electrons. The first-order chi connectivity index (χ1) is 8.27. The third-order valence-corrected chi connectivity index (χ3v) is 2.36. The Hall–Kier alpha value is -2.20. The van der Waals surface area contributed by atoms with Crippen molar-refractivity contribution in [3.05, 3.63) is 66.0 Å². The van der Waals surface area contributed by atoms with Gasteiger partial charge in [0.15, 0.2) is 0 Å². The molecule has 0 saturated heterocycles. The molecule has 0 unspecified atom stereocenters. The minimum atomic E-state index is -0.200. The van der Waals surface area contributed by atoms with Crippen LogP contribution in [0.15, 0.2) is 54.9 Å².